The van der Waals surface area contributed by atoms with Crippen LogP contribution in [-0.2, 0) is 13.5 Å². The summed E-state index contributed by atoms with van der Waals surface area (Å²) in [5.74, 6) is 0. The van der Waals surface area contributed by atoms with Crippen LogP contribution >= 0.6 is 22.7 Å². The zero-order chi connectivity index (χ0) is 14.4. The fourth-order valence-electron chi connectivity index (χ4n) is 2.67. The van der Waals surface area contributed by atoms with E-state index in [1.807, 2.05) is 23.9 Å². The molecule has 4 aromatic rings. The Hall–Kier alpha value is -1.69. The zero-order valence-corrected chi connectivity index (χ0v) is 13.1. The predicted molar refractivity (Wildman–Crippen MR) is 89.1 cm³/mol. The van der Waals surface area contributed by atoms with E-state index in [9.17, 15) is 5.11 Å². The average Bonchev–Trinajstić information content (AvgIpc) is 3.14. The maximum absolute atomic E-state index is 10.5. The van der Waals surface area contributed by atoms with Gasteiger partial charge in [-0.05, 0) is 23.6 Å². The van der Waals surface area contributed by atoms with Gasteiger partial charge in [-0.25, -0.2) is 0 Å². The van der Waals surface area contributed by atoms with Crippen molar-refractivity contribution in [3.8, 4) is 0 Å². The van der Waals surface area contributed by atoms with Gasteiger partial charge in [0.2, 0.25) is 0 Å². The van der Waals surface area contributed by atoms with E-state index >= 15 is 0 Å². The third kappa shape index (κ3) is 2.18. The fourth-order valence-corrected chi connectivity index (χ4v) is 4.78. The maximum Gasteiger partial charge on any atom is 0.0938 e. The lowest BCUT2D eigenvalue weighted by Gasteiger charge is -2.06. The molecule has 0 radical (unpaired) electrons. The van der Waals surface area contributed by atoms with Gasteiger partial charge in [0.05, 0.1) is 17.3 Å². The topological polar surface area (TPSA) is 38.0 Å². The van der Waals surface area contributed by atoms with Crippen LogP contribution in [0.3, 0.4) is 0 Å². The van der Waals surface area contributed by atoms with E-state index in [-0.39, 0.29) is 0 Å². The third-order valence-corrected chi connectivity index (χ3v) is 5.90. The highest BCUT2D eigenvalue weighted by Crippen LogP contribution is 2.35. The van der Waals surface area contributed by atoms with Crippen LogP contribution in [-0.4, -0.2) is 14.9 Å². The van der Waals surface area contributed by atoms with Gasteiger partial charge in [-0.15, -0.1) is 22.7 Å². The van der Waals surface area contributed by atoms with Crippen molar-refractivity contribution in [3.05, 3.63) is 52.3 Å². The molecule has 0 spiro atoms. The number of hydrogen-bond acceptors (Lipinski definition) is 4. The fraction of sp³-hybridized carbons (Fsp3) is 0.188. The van der Waals surface area contributed by atoms with E-state index in [1.165, 1.54) is 9.40 Å². The molecule has 5 heteroatoms. The van der Waals surface area contributed by atoms with E-state index in [0.29, 0.717) is 6.42 Å². The molecule has 3 heterocycles. The second kappa shape index (κ2) is 4.94. The maximum atomic E-state index is 10.5. The second-order valence-electron chi connectivity index (χ2n) is 5.11. The molecule has 106 valence electrons. The van der Waals surface area contributed by atoms with Crippen molar-refractivity contribution in [2.45, 2.75) is 12.5 Å². The number of aliphatic hydroxyl groups is 1. The van der Waals surface area contributed by atoms with Gasteiger partial charge < -0.3 is 5.11 Å². The summed E-state index contributed by atoms with van der Waals surface area (Å²) in [7, 11) is 1.94. The van der Waals surface area contributed by atoms with Crippen LogP contribution in [0.25, 0.3) is 20.3 Å². The summed E-state index contributed by atoms with van der Waals surface area (Å²) in [6.07, 6.45) is 0.0580. The average molecular weight is 314 g/mol. The molecule has 1 N–H and O–H groups in total. The van der Waals surface area contributed by atoms with Gasteiger partial charge in [0, 0.05) is 33.1 Å². The first-order valence-electron chi connectivity index (χ1n) is 6.78. The van der Waals surface area contributed by atoms with Crippen molar-refractivity contribution in [3.63, 3.8) is 0 Å². The minimum absolute atomic E-state index is 0.493. The SMILES string of the molecule is Cn1nc(CC(O)c2cc3sccc3s2)c2ccccc21. The number of aromatic nitrogens is 2. The smallest absolute Gasteiger partial charge is 0.0938 e. The van der Waals surface area contributed by atoms with Gasteiger partial charge in [-0.1, -0.05) is 18.2 Å². The number of thiophene rings is 2. The van der Waals surface area contributed by atoms with Crippen LogP contribution in [0.1, 0.15) is 16.7 Å². The van der Waals surface area contributed by atoms with E-state index in [0.717, 1.165) is 21.5 Å². The summed E-state index contributed by atoms with van der Waals surface area (Å²) < 4.78 is 4.38. The number of benzene rings is 1. The summed E-state index contributed by atoms with van der Waals surface area (Å²) in [5.41, 5.74) is 2.06. The molecular weight excluding hydrogens is 300 g/mol. The van der Waals surface area contributed by atoms with Crippen LogP contribution in [0.5, 0.6) is 0 Å². The number of fused-ring (bicyclic) bond motifs is 2. The molecule has 4 rings (SSSR count). The Morgan fingerprint density at radius 2 is 2.10 bits per heavy atom. The summed E-state index contributed by atoms with van der Waals surface area (Å²) in [4.78, 5) is 1.02. The second-order valence-corrected chi connectivity index (χ2v) is 7.17. The molecule has 0 aliphatic heterocycles. The van der Waals surface area contributed by atoms with Crippen molar-refractivity contribution < 1.29 is 5.11 Å². The molecule has 3 aromatic heterocycles. The molecule has 21 heavy (non-hydrogen) atoms. The summed E-state index contributed by atoms with van der Waals surface area (Å²) in [6, 6.07) is 12.4. The number of aliphatic hydroxyl groups excluding tert-OH is 1. The minimum atomic E-state index is -0.493. The number of para-hydroxylation sites is 1. The van der Waals surface area contributed by atoms with Crippen LogP contribution < -0.4 is 0 Å². The predicted octanol–water partition coefficient (Wildman–Crippen LogP) is 4.13. The molecule has 0 bridgehead atoms. The minimum Gasteiger partial charge on any atom is -0.387 e. The Morgan fingerprint density at radius 1 is 1.24 bits per heavy atom. The first-order valence-corrected chi connectivity index (χ1v) is 8.47. The lowest BCUT2D eigenvalue weighted by atomic mass is 10.1. The van der Waals surface area contributed by atoms with E-state index in [4.69, 9.17) is 0 Å². The standard InChI is InChI=1S/C16H14N2OS2/c1-18-12-5-3-2-4-10(12)11(17-18)8-13(19)15-9-16-14(21-15)6-7-20-16/h2-7,9,13,19H,8H2,1H3. The molecular formula is C16H14N2OS2. The molecule has 0 amide bonds. The highest BCUT2D eigenvalue weighted by Gasteiger charge is 2.17. The monoisotopic (exact) mass is 314 g/mol. The summed E-state index contributed by atoms with van der Waals surface area (Å²) >= 11 is 3.39. The van der Waals surface area contributed by atoms with E-state index in [1.54, 1.807) is 22.7 Å². The van der Waals surface area contributed by atoms with Gasteiger partial charge in [0.15, 0.2) is 0 Å². The van der Waals surface area contributed by atoms with E-state index in [2.05, 4.69) is 34.7 Å². The number of hydrogen-bond donors (Lipinski definition) is 1. The van der Waals surface area contributed by atoms with Crippen LogP contribution in [0.15, 0.2) is 41.8 Å². The van der Waals surface area contributed by atoms with Gasteiger partial charge in [0.25, 0.3) is 0 Å². The first kappa shape index (κ1) is 13.0. The zero-order valence-electron chi connectivity index (χ0n) is 11.5. The molecule has 1 aromatic carbocycles. The van der Waals surface area contributed by atoms with Gasteiger partial charge in [0.1, 0.15) is 0 Å². The highest BCUT2D eigenvalue weighted by atomic mass is 32.1. The summed E-state index contributed by atoms with van der Waals surface area (Å²) in [6.45, 7) is 0. The molecule has 3 nitrogen and oxygen atoms in total. The number of aryl methyl sites for hydroxylation is 1. The molecule has 1 atom stereocenters. The van der Waals surface area contributed by atoms with Crippen LogP contribution in [0, 0.1) is 0 Å². The van der Waals surface area contributed by atoms with Crippen molar-refractivity contribution in [1.82, 2.24) is 9.78 Å². The van der Waals surface area contributed by atoms with Gasteiger partial charge >= 0.3 is 0 Å². The normalized spacial score (nSPS) is 13.2. The van der Waals surface area contributed by atoms with Crippen molar-refractivity contribution in [2.24, 2.45) is 7.05 Å². The molecule has 0 fully saturated rings. The Kier molecular flexibility index (Phi) is 3.06. The molecule has 1 unspecified atom stereocenters. The molecule has 0 aliphatic carbocycles. The Balaban J connectivity index is 1.69. The van der Waals surface area contributed by atoms with Crippen molar-refractivity contribution in [1.29, 1.82) is 0 Å². The first-order chi connectivity index (χ1) is 10.2. The number of rotatable bonds is 3. The quantitative estimate of drug-likeness (QED) is 0.617. The van der Waals surface area contributed by atoms with Crippen molar-refractivity contribution in [2.75, 3.05) is 0 Å². The Labute approximate surface area is 130 Å². The van der Waals surface area contributed by atoms with Crippen molar-refractivity contribution >= 4 is 43.0 Å². The molecule has 0 aliphatic rings. The molecule has 0 saturated heterocycles. The lowest BCUT2D eigenvalue weighted by Crippen LogP contribution is -2.01. The molecule has 0 saturated carbocycles. The van der Waals surface area contributed by atoms with Crippen LogP contribution in [0.2, 0.25) is 0 Å². The lowest BCUT2D eigenvalue weighted by molar-refractivity contribution is 0.181. The van der Waals surface area contributed by atoms with Gasteiger partial charge in [-0.3, -0.25) is 4.68 Å². The van der Waals surface area contributed by atoms with Crippen LogP contribution in [0.4, 0.5) is 0 Å². The Bertz CT molecular complexity index is 890. The largest absolute Gasteiger partial charge is 0.387 e. The summed E-state index contributed by atoms with van der Waals surface area (Å²) in [5, 5.41) is 18.3. The van der Waals surface area contributed by atoms with Gasteiger partial charge in [-0.2, -0.15) is 5.10 Å². The van der Waals surface area contributed by atoms with E-state index < -0.39 is 6.10 Å². The Morgan fingerprint density at radius 3 is 2.95 bits per heavy atom. The number of nitrogens with zero attached hydrogens (tertiary/aromatic N) is 2. The third-order valence-electron chi connectivity index (χ3n) is 3.71. The highest BCUT2D eigenvalue weighted by molar-refractivity contribution is 7.26.